The molecule has 39 heavy (non-hydrogen) atoms. The van der Waals surface area contributed by atoms with Crippen LogP contribution in [0.25, 0.3) is 0 Å². The molecule has 2 fully saturated rings. The van der Waals surface area contributed by atoms with Gasteiger partial charge in [-0.1, -0.05) is 49.2 Å². The predicted molar refractivity (Wildman–Crippen MR) is 153 cm³/mol. The normalized spacial score (nSPS) is 22.8. The molecule has 9 heteroatoms. The average Bonchev–Trinajstić information content (AvgIpc) is 3.11. The second-order valence-electron chi connectivity index (χ2n) is 10.5. The van der Waals surface area contributed by atoms with E-state index in [2.05, 4.69) is 69.7 Å². The number of anilines is 1. The van der Waals surface area contributed by atoms with Crippen molar-refractivity contribution in [1.82, 2.24) is 10.2 Å². The van der Waals surface area contributed by atoms with E-state index in [1.54, 1.807) is 0 Å². The zero-order valence-corrected chi connectivity index (χ0v) is 23.2. The second-order valence-corrected chi connectivity index (χ2v) is 11.5. The molecule has 1 saturated carbocycles. The van der Waals surface area contributed by atoms with Gasteiger partial charge >= 0.3 is 11.9 Å². The van der Waals surface area contributed by atoms with E-state index >= 15 is 0 Å². The summed E-state index contributed by atoms with van der Waals surface area (Å²) in [6.45, 7) is 5.30. The molecule has 2 aromatic carbocycles. The zero-order chi connectivity index (χ0) is 27.6. The van der Waals surface area contributed by atoms with Crippen LogP contribution in [0.15, 0.2) is 59.5 Å². The van der Waals surface area contributed by atoms with Crippen molar-refractivity contribution in [2.45, 2.75) is 49.5 Å². The van der Waals surface area contributed by atoms with Crippen LogP contribution in [0, 0.1) is 11.8 Å². The van der Waals surface area contributed by atoms with Crippen LogP contribution in [-0.4, -0.2) is 71.4 Å². The van der Waals surface area contributed by atoms with Crippen LogP contribution in [0.4, 0.5) is 5.69 Å². The first kappa shape index (κ1) is 29.0. The number of thioether (sulfide) groups is 1. The van der Waals surface area contributed by atoms with E-state index in [0.717, 1.165) is 45.1 Å². The number of piperazine rings is 1. The first-order valence-electron chi connectivity index (χ1n) is 13.9. The Balaban J connectivity index is 0.000000531. The number of carboxylic acids is 2. The van der Waals surface area contributed by atoms with Gasteiger partial charge in [-0.15, -0.1) is 11.8 Å². The van der Waals surface area contributed by atoms with E-state index in [1.165, 1.54) is 47.6 Å². The van der Waals surface area contributed by atoms with Gasteiger partial charge in [-0.25, -0.2) is 9.59 Å². The molecule has 0 aromatic heterocycles. The third-order valence-electron chi connectivity index (χ3n) is 7.97. The molecule has 2 heterocycles. The minimum absolute atomic E-state index is 0.184. The number of nitrogens with one attached hydrogen (secondary N) is 1. The van der Waals surface area contributed by atoms with Crippen molar-refractivity contribution in [2.24, 2.45) is 11.8 Å². The molecule has 3 N–H and O–H groups in total. The quantitative estimate of drug-likeness (QED) is 0.448. The lowest BCUT2D eigenvalue weighted by Crippen LogP contribution is -2.46. The monoisotopic (exact) mass is 553 g/mol. The maximum atomic E-state index is 13.0. The van der Waals surface area contributed by atoms with Crippen molar-refractivity contribution in [3.05, 3.63) is 60.2 Å². The van der Waals surface area contributed by atoms with Crippen LogP contribution in [0.3, 0.4) is 0 Å². The van der Waals surface area contributed by atoms with Crippen LogP contribution in [0.5, 0.6) is 0 Å². The first-order chi connectivity index (χ1) is 18.9. The molecule has 0 spiro atoms. The van der Waals surface area contributed by atoms with Crippen molar-refractivity contribution in [3.63, 3.8) is 0 Å². The largest absolute Gasteiger partial charge is 0.473 e. The number of aliphatic carboxylic acids is 2. The smallest absolute Gasteiger partial charge is 0.414 e. The first-order valence-corrected chi connectivity index (χ1v) is 14.9. The van der Waals surface area contributed by atoms with E-state index in [4.69, 9.17) is 19.8 Å². The molecule has 2 aromatic rings. The topological polar surface area (TPSA) is 110 Å². The standard InChI is InChI=1S/C28H37N3OS.C2H2O4/c32-27(15-8-16-30-17-19-31(20-18-30)23-10-2-1-3-11-23)29-28-24-12-5-4-9-22(24)21-33-26-14-7-6-13-25(26)28;3-1(4)2(5)6/h1-3,6-7,10-11,13-14,22,24,28H,4-5,8-9,12,15-21H2,(H,29,32);(H,3,4)(H,5,6)/t22-,24+,28+;/m0./s1. The highest BCUT2D eigenvalue weighted by Crippen LogP contribution is 2.46. The van der Waals surface area contributed by atoms with Gasteiger partial charge in [0.1, 0.15) is 0 Å². The third kappa shape index (κ3) is 8.22. The van der Waals surface area contributed by atoms with Crippen LogP contribution in [-0.2, 0) is 14.4 Å². The molecule has 8 nitrogen and oxygen atoms in total. The van der Waals surface area contributed by atoms with Gasteiger partial charge < -0.3 is 20.4 Å². The van der Waals surface area contributed by atoms with E-state index in [1.807, 2.05) is 11.8 Å². The van der Waals surface area contributed by atoms with E-state index < -0.39 is 11.9 Å². The van der Waals surface area contributed by atoms with Gasteiger partial charge in [0, 0.05) is 48.9 Å². The predicted octanol–water partition coefficient (Wildman–Crippen LogP) is 4.51. The Morgan fingerprint density at radius 3 is 2.26 bits per heavy atom. The van der Waals surface area contributed by atoms with Gasteiger partial charge in [-0.05, 0) is 61.4 Å². The summed E-state index contributed by atoms with van der Waals surface area (Å²) in [5.74, 6) is -0.908. The van der Waals surface area contributed by atoms with Crippen molar-refractivity contribution in [3.8, 4) is 0 Å². The Labute approximate surface area is 234 Å². The fraction of sp³-hybridized carbons (Fsp3) is 0.500. The van der Waals surface area contributed by atoms with Crippen molar-refractivity contribution in [2.75, 3.05) is 43.4 Å². The number of amides is 1. The van der Waals surface area contributed by atoms with Crippen molar-refractivity contribution < 1.29 is 24.6 Å². The number of carbonyl (C=O) groups is 3. The fourth-order valence-corrected chi connectivity index (χ4v) is 7.28. The summed E-state index contributed by atoms with van der Waals surface area (Å²) >= 11 is 2.00. The number of nitrogens with zero attached hydrogens (tertiary/aromatic N) is 2. The van der Waals surface area contributed by atoms with Gasteiger partial charge in [0.25, 0.3) is 0 Å². The number of para-hydroxylation sites is 1. The molecule has 0 bridgehead atoms. The molecule has 210 valence electrons. The minimum atomic E-state index is -1.82. The molecule has 2 aliphatic heterocycles. The minimum Gasteiger partial charge on any atom is -0.473 e. The lowest BCUT2D eigenvalue weighted by atomic mass is 9.74. The van der Waals surface area contributed by atoms with Crippen LogP contribution < -0.4 is 10.2 Å². The number of fused-ring (bicyclic) bond motifs is 2. The Morgan fingerprint density at radius 1 is 0.872 bits per heavy atom. The number of hydrogen-bond acceptors (Lipinski definition) is 6. The van der Waals surface area contributed by atoms with Crippen molar-refractivity contribution >= 4 is 35.3 Å². The fourth-order valence-electron chi connectivity index (χ4n) is 5.94. The summed E-state index contributed by atoms with van der Waals surface area (Å²) in [5.41, 5.74) is 2.67. The molecule has 0 radical (unpaired) electrons. The summed E-state index contributed by atoms with van der Waals surface area (Å²) in [7, 11) is 0. The van der Waals surface area contributed by atoms with E-state index in [9.17, 15) is 4.79 Å². The Morgan fingerprint density at radius 2 is 1.54 bits per heavy atom. The highest BCUT2D eigenvalue weighted by molar-refractivity contribution is 7.99. The summed E-state index contributed by atoms with van der Waals surface area (Å²) in [6.07, 6.45) is 6.77. The number of hydrogen-bond donors (Lipinski definition) is 3. The summed E-state index contributed by atoms with van der Waals surface area (Å²) < 4.78 is 0. The number of carboxylic acid groups (broad SMARTS) is 2. The molecule has 1 saturated heterocycles. The molecular weight excluding hydrogens is 514 g/mol. The van der Waals surface area contributed by atoms with E-state index in [0.29, 0.717) is 12.3 Å². The van der Waals surface area contributed by atoms with Crippen LogP contribution in [0.2, 0.25) is 0 Å². The number of carbonyl (C=O) groups excluding carboxylic acids is 1. The van der Waals surface area contributed by atoms with Crippen LogP contribution >= 0.6 is 11.8 Å². The summed E-state index contributed by atoms with van der Waals surface area (Å²) in [5, 5.41) is 18.3. The number of benzene rings is 2. The molecule has 3 aliphatic rings. The maximum Gasteiger partial charge on any atom is 0.414 e. The molecule has 5 rings (SSSR count). The molecule has 1 amide bonds. The third-order valence-corrected chi connectivity index (χ3v) is 9.25. The highest BCUT2D eigenvalue weighted by Gasteiger charge is 2.37. The zero-order valence-electron chi connectivity index (χ0n) is 22.3. The molecular formula is C30H39N3O5S. The molecule has 3 atom stereocenters. The van der Waals surface area contributed by atoms with Gasteiger partial charge in [0.15, 0.2) is 0 Å². The molecule has 1 aliphatic carbocycles. The van der Waals surface area contributed by atoms with Gasteiger partial charge in [-0.2, -0.15) is 0 Å². The average molecular weight is 554 g/mol. The van der Waals surface area contributed by atoms with Crippen molar-refractivity contribution in [1.29, 1.82) is 0 Å². The highest BCUT2D eigenvalue weighted by atomic mass is 32.2. The summed E-state index contributed by atoms with van der Waals surface area (Å²) in [6, 6.07) is 19.6. The van der Waals surface area contributed by atoms with Gasteiger partial charge in [-0.3, -0.25) is 9.69 Å². The Kier molecular flexibility index (Phi) is 10.7. The number of rotatable bonds is 6. The maximum absolute atomic E-state index is 13.0. The van der Waals surface area contributed by atoms with Crippen LogP contribution in [0.1, 0.15) is 50.1 Å². The molecule has 0 unspecified atom stereocenters. The lowest BCUT2D eigenvalue weighted by Gasteiger charge is -2.36. The lowest BCUT2D eigenvalue weighted by molar-refractivity contribution is -0.159. The SMILES string of the molecule is O=C(CCCN1CCN(c2ccccc2)CC1)N[C@H]1c2ccccc2SC[C@@H]2CCCC[C@H]21.O=C(O)C(=O)O. The Bertz CT molecular complexity index is 1090. The van der Waals surface area contributed by atoms with E-state index in [-0.39, 0.29) is 11.9 Å². The summed E-state index contributed by atoms with van der Waals surface area (Å²) in [4.78, 5) is 37.6. The van der Waals surface area contributed by atoms with Gasteiger partial charge in [0.05, 0.1) is 6.04 Å². The second kappa shape index (κ2) is 14.4. The van der Waals surface area contributed by atoms with Gasteiger partial charge in [0.2, 0.25) is 5.91 Å². The Hall–Kier alpha value is -3.04.